The summed E-state index contributed by atoms with van der Waals surface area (Å²) in [5.74, 6) is 1.88. The predicted molar refractivity (Wildman–Crippen MR) is 66.9 cm³/mol. The molecule has 0 saturated carbocycles. The van der Waals surface area contributed by atoms with E-state index in [1.807, 2.05) is 13.8 Å². The molecule has 0 aromatic carbocycles. The van der Waals surface area contributed by atoms with E-state index in [9.17, 15) is 0 Å². The summed E-state index contributed by atoms with van der Waals surface area (Å²) in [6.07, 6.45) is 2.13. The molecule has 0 bridgehead atoms. The van der Waals surface area contributed by atoms with E-state index in [1.54, 1.807) is 0 Å². The number of halogens is 1. The lowest BCUT2D eigenvalue weighted by atomic mass is 10.0. The molecule has 1 unspecified atom stereocenters. The second kappa shape index (κ2) is 6.63. The fraction of sp³-hybridized carbons (Fsp3) is 0.727. The van der Waals surface area contributed by atoms with Crippen molar-refractivity contribution in [3.8, 4) is 0 Å². The Labute approximate surface area is 102 Å². The lowest BCUT2D eigenvalue weighted by Crippen LogP contribution is -2.16. The van der Waals surface area contributed by atoms with Gasteiger partial charge in [-0.2, -0.15) is 5.10 Å². The normalized spacial score (nSPS) is 12.5. The zero-order valence-electron chi connectivity index (χ0n) is 10.1. The molecule has 5 heteroatoms. The summed E-state index contributed by atoms with van der Waals surface area (Å²) in [5, 5.41) is 11.2. The summed E-state index contributed by atoms with van der Waals surface area (Å²) in [6.45, 7) is 6.86. The third kappa shape index (κ3) is 3.93. The molecule has 0 spiro atoms. The Morgan fingerprint density at radius 3 is 2.56 bits per heavy atom. The lowest BCUT2D eigenvalue weighted by Gasteiger charge is -2.13. The quantitative estimate of drug-likeness (QED) is 0.779. The number of aromatic nitrogens is 3. The molecular formula is C11H19ClN4. The van der Waals surface area contributed by atoms with Gasteiger partial charge >= 0.3 is 0 Å². The molecule has 0 aliphatic rings. The van der Waals surface area contributed by atoms with Crippen LogP contribution in [0.4, 0.5) is 5.95 Å². The minimum atomic E-state index is 0.572. The SMILES string of the molecule is CCC(CCCl)CNc1nnc(C)c(C)n1. The second-order valence-corrected chi connectivity index (χ2v) is 4.32. The van der Waals surface area contributed by atoms with Crippen molar-refractivity contribution < 1.29 is 0 Å². The Morgan fingerprint density at radius 2 is 2.00 bits per heavy atom. The maximum absolute atomic E-state index is 5.73. The molecule has 1 heterocycles. The van der Waals surface area contributed by atoms with Gasteiger partial charge in [0, 0.05) is 12.4 Å². The second-order valence-electron chi connectivity index (χ2n) is 3.94. The van der Waals surface area contributed by atoms with Crippen molar-refractivity contribution in [3.63, 3.8) is 0 Å². The molecule has 1 atom stereocenters. The van der Waals surface area contributed by atoms with Gasteiger partial charge in [0.2, 0.25) is 5.95 Å². The van der Waals surface area contributed by atoms with Gasteiger partial charge in [0.25, 0.3) is 0 Å². The Kier molecular flexibility index (Phi) is 5.46. The highest BCUT2D eigenvalue weighted by Crippen LogP contribution is 2.10. The number of anilines is 1. The van der Waals surface area contributed by atoms with Crippen LogP contribution in [0.15, 0.2) is 0 Å². The standard InChI is InChI=1S/C11H19ClN4/c1-4-10(5-6-12)7-13-11-14-8(2)9(3)15-16-11/h10H,4-7H2,1-3H3,(H,13,14,16). The van der Waals surface area contributed by atoms with Crippen LogP contribution in [-0.2, 0) is 0 Å². The fourth-order valence-corrected chi connectivity index (χ4v) is 1.68. The molecule has 90 valence electrons. The molecule has 0 fully saturated rings. The third-order valence-corrected chi connectivity index (χ3v) is 2.95. The summed E-state index contributed by atoms with van der Waals surface area (Å²) in [5.41, 5.74) is 1.79. The molecule has 0 aliphatic carbocycles. The minimum absolute atomic E-state index is 0.572. The first-order chi connectivity index (χ1) is 7.67. The van der Waals surface area contributed by atoms with Crippen LogP contribution in [0.5, 0.6) is 0 Å². The molecule has 1 N–H and O–H groups in total. The largest absolute Gasteiger partial charge is 0.353 e. The van der Waals surface area contributed by atoms with Crippen LogP contribution >= 0.6 is 11.6 Å². The van der Waals surface area contributed by atoms with Crippen LogP contribution in [0.1, 0.15) is 31.2 Å². The van der Waals surface area contributed by atoms with Crippen molar-refractivity contribution in [1.29, 1.82) is 0 Å². The van der Waals surface area contributed by atoms with Crippen molar-refractivity contribution in [1.82, 2.24) is 15.2 Å². The van der Waals surface area contributed by atoms with E-state index < -0.39 is 0 Å². The van der Waals surface area contributed by atoms with Gasteiger partial charge in [-0.1, -0.05) is 13.3 Å². The van der Waals surface area contributed by atoms with E-state index in [1.165, 1.54) is 0 Å². The maximum Gasteiger partial charge on any atom is 0.242 e. The molecular weight excluding hydrogens is 224 g/mol. The first kappa shape index (κ1) is 13.2. The molecule has 4 nitrogen and oxygen atoms in total. The Hall–Kier alpha value is -0.900. The number of hydrogen-bond donors (Lipinski definition) is 1. The third-order valence-electron chi connectivity index (χ3n) is 2.74. The minimum Gasteiger partial charge on any atom is -0.353 e. The van der Waals surface area contributed by atoms with Crippen molar-refractivity contribution in [2.45, 2.75) is 33.6 Å². The van der Waals surface area contributed by atoms with E-state index >= 15 is 0 Å². The number of hydrogen-bond acceptors (Lipinski definition) is 4. The fourth-order valence-electron chi connectivity index (χ4n) is 1.37. The average Bonchev–Trinajstić information content (AvgIpc) is 2.28. The van der Waals surface area contributed by atoms with Crippen LogP contribution in [0, 0.1) is 19.8 Å². The molecule has 0 amide bonds. The average molecular weight is 243 g/mol. The van der Waals surface area contributed by atoms with Crippen LogP contribution in [-0.4, -0.2) is 27.6 Å². The Bertz CT molecular complexity index is 330. The summed E-state index contributed by atoms with van der Waals surface area (Å²) in [7, 11) is 0. The molecule has 0 aliphatic heterocycles. The van der Waals surface area contributed by atoms with Gasteiger partial charge in [0.05, 0.1) is 11.4 Å². The van der Waals surface area contributed by atoms with E-state index in [2.05, 4.69) is 27.4 Å². The van der Waals surface area contributed by atoms with E-state index in [4.69, 9.17) is 11.6 Å². The summed E-state index contributed by atoms with van der Waals surface area (Å²) in [4.78, 5) is 4.32. The number of aryl methyl sites for hydroxylation is 2. The van der Waals surface area contributed by atoms with Gasteiger partial charge in [0.1, 0.15) is 0 Å². The topological polar surface area (TPSA) is 50.7 Å². The Morgan fingerprint density at radius 1 is 1.25 bits per heavy atom. The first-order valence-electron chi connectivity index (χ1n) is 5.65. The molecule has 1 rings (SSSR count). The number of nitrogens with zero attached hydrogens (tertiary/aromatic N) is 3. The molecule has 1 aromatic rings. The van der Waals surface area contributed by atoms with E-state index in [0.29, 0.717) is 17.7 Å². The Balaban J connectivity index is 2.50. The molecule has 1 aromatic heterocycles. The zero-order valence-corrected chi connectivity index (χ0v) is 10.9. The summed E-state index contributed by atoms with van der Waals surface area (Å²) in [6, 6.07) is 0. The zero-order chi connectivity index (χ0) is 12.0. The molecule has 0 radical (unpaired) electrons. The first-order valence-corrected chi connectivity index (χ1v) is 6.18. The highest BCUT2D eigenvalue weighted by atomic mass is 35.5. The van der Waals surface area contributed by atoms with Crippen molar-refractivity contribution in [2.24, 2.45) is 5.92 Å². The summed E-state index contributed by atoms with van der Waals surface area (Å²) >= 11 is 5.73. The van der Waals surface area contributed by atoms with E-state index in [0.717, 1.165) is 30.8 Å². The molecule has 0 saturated heterocycles. The van der Waals surface area contributed by atoms with Crippen LogP contribution in [0.3, 0.4) is 0 Å². The van der Waals surface area contributed by atoms with Gasteiger partial charge in [-0.25, -0.2) is 4.98 Å². The number of nitrogens with one attached hydrogen (secondary N) is 1. The monoisotopic (exact) mass is 242 g/mol. The van der Waals surface area contributed by atoms with Crippen LogP contribution in [0.25, 0.3) is 0 Å². The summed E-state index contributed by atoms with van der Waals surface area (Å²) < 4.78 is 0. The molecule has 16 heavy (non-hydrogen) atoms. The van der Waals surface area contributed by atoms with Gasteiger partial charge in [0.15, 0.2) is 0 Å². The van der Waals surface area contributed by atoms with Crippen LogP contribution in [0.2, 0.25) is 0 Å². The maximum atomic E-state index is 5.73. The van der Waals surface area contributed by atoms with Gasteiger partial charge in [-0.05, 0) is 26.2 Å². The number of alkyl halides is 1. The van der Waals surface area contributed by atoms with Gasteiger partial charge in [-0.3, -0.25) is 0 Å². The van der Waals surface area contributed by atoms with Crippen molar-refractivity contribution in [2.75, 3.05) is 17.7 Å². The van der Waals surface area contributed by atoms with Crippen molar-refractivity contribution >= 4 is 17.5 Å². The highest BCUT2D eigenvalue weighted by Gasteiger charge is 2.07. The highest BCUT2D eigenvalue weighted by molar-refractivity contribution is 6.17. The van der Waals surface area contributed by atoms with Crippen molar-refractivity contribution in [3.05, 3.63) is 11.4 Å². The van der Waals surface area contributed by atoms with Crippen LogP contribution < -0.4 is 5.32 Å². The van der Waals surface area contributed by atoms with Gasteiger partial charge in [-0.15, -0.1) is 16.7 Å². The van der Waals surface area contributed by atoms with Gasteiger partial charge < -0.3 is 5.32 Å². The lowest BCUT2D eigenvalue weighted by molar-refractivity contribution is 0.520. The number of rotatable bonds is 6. The smallest absolute Gasteiger partial charge is 0.242 e. The predicted octanol–water partition coefficient (Wildman–Crippen LogP) is 2.56. The van der Waals surface area contributed by atoms with E-state index in [-0.39, 0.29) is 0 Å².